The van der Waals surface area contributed by atoms with Gasteiger partial charge in [-0.05, 0) is 14.1 Å². The SMILES string of the molecule is CN1CCN(c2cc[n+]([O-])cc2)CC1.CN1CCNCC1.[O-][n+]1ccc(Cl)cc1. The molecule has 2 fully saturated rings. The Kier molecular flexibility index (Phi) is 9.93. The Hall–Kier alpha value is -2.13. The molecule has 4 rings (SSSR count). The maximum Gasteiger partial charge on any atom is 0.182 e. The van der Waals surface area contributed by atoms with E-state index in [1.54, 1.807) is 12.4 Å². The van der Waals surface area contributed by atoms with Crippen molar-refractivity contribution in [2.45, 2.75) is 0 Å². The van der Waals surface area contributed by atoms with Crippen LogP contribution < -0.4 is 19.7 Å². The van der Waals surface area contributed by atoms with E-state index in [1.165, 1.54) is 37.6 Å². The molecule has 1 N–H and O–H groups in total. The summed E-state index contributed by atoms with van der Waals surface area (Å²) in [6.45, 7) is 9.00. The maximum absolute atomic E-state index is 10.8. The van der Waals surface area contributed by atoms with E-state index < -0.39 is 0 Å². The van der Waals surface area contributed by atoms with Crippen molar-refractivity contribution >= 4 is 17.3 Å². The van der Waals surface area contributed by atoms with Gasteiger partial charge in [0.2, 0.25) is 0 Å². The summed E-state index contributed by atoms with van der Waals surface area (Å²) in [4.78, 5) is 6.95. The van der Waals surface area contributed by atoms with Crippen LogP contribution in [0.15, 0.2) is 49.1 Å². The van der Waals surface area contributed by atoms with Gasteiger partial charge in [-0.3, -0.25) is 0 Å². The van der Waals surface area contributed by atoms with E-state index in [2.05, 4.69) is 34.1 Å². The Morgan fingerprint density at radius 1 is 0.759 bits per heavy atom. The summed E-state index contributed by atoms with van der Waals surface area (Å²) in [5.74, 6) is 0. The van der Waals surface area contributed by atoms with E-state index in [1.807, 2.05) is 12.1 Å². The number of anilines is 1. The molecule has 9 heteroatoms. The fourth-order valence-corrected chi connectivity index (χ4v) is 2.96. The van der Waals surface area contributed by atoms with Gasteiger partial charge in [0.05, 0.1) is 5.02 Å². The van der Waals surface area contributed by atoms with Crippen molar-refractivity contribution in [2.24, 2.45) is 0 Å². The molecule has 2 aromatic rings. The minimum absolute atomic E-state index is 0.581. The second-order valence-corrected chi connectivity index (χ2v) is 7.57. The van der Waals surface area contributed by atoms with Gasteiger partial charge in [0, 0.05) is 82.3 Å². The van der Waals surface area contributed by atoms with Gasteiger partial charge in [0.15, 0.2) is 24.8 Å². The average Bonchev–Trinajstić information content (AvgIpc) is 2.73. The Bertz CT molecular complexity index is 666. The number of piperazine rings is 2. The van der Waals surface area contributed by atoms with Crippen molar-refractivity contribution in [3.8, 4) is 0 Å². The van der Waals surface area contributed by atoms with Crippen molar-refractivity contribution < 1.29 is 9.46 Å². The van der Waals surface area contributed by atoms with E-state index >= 15 is 0 Å². The molecule has 0 bridgehead atoms. The van der Waals surface area contributed by atoms with E-state index in [4.69, 9.17) is 11.6 Å². The van der Waals surface area contributed by atoms with E-state index in [0.29, 0.717) is 9.75 Å². The molecule has 2 aliphatic rings. The molecule has 0 saturated carbocycles. The first-order chi connectivity index (χ1) is 13.9. The zero-order valence-electron chi connectivity index (χ0n) is 17.2. The van der Waals surface area contributed by atoms with Gasteiger partial charge in [-0.1, -0.05) is 11.6 Å². The number of nitrogens with zero attached hydrogens (tertiary/aromatic N) is 5. The number of hydrogen-bond acceptors (Lipinski definition) is 6. The summed E-state index contributed by atoms with van der Waals surface area (Å²) < 4.78 is 1.51. The Labute approximate surface area is 178 Å². The van der Waals surface area contributed by atoms with Crippen LogP contribution in [0, 0.1) is 10.4 Å². The smallest absolute Gasteiger partial charge is 0.182 e. The van der Waals surface area contributed by atoms with Crippen LogP contribution in [0.3, 0.4) is 0 Å². The van der Waals surface area contributed by atoms with Crippen molar-refractivity contribution in [1.82, 2.24) is 15.1 Å². The normalized spacial score (nSPS) is 17.6. The van der Waals surface area contributed by atoms with Gasteiger partial charge in [-0.2, -0.15) is 9.46 Å². The van der Waals surface area contributed by atoms with Crippen LogP contribution >= 0.6 is 11.6 Å². The topological polar surface area (TPSA) is 75.6 Å². The van der Waals surface area contributed by atoms with Crippen molar-refractivity contribution in [2.75, 3.05) is 71.4 Å². The average molecular weight is 423 g/mol. The number of likely N-dealkylation sites (N-methyl/N-ethyl adjacent to an activating group) is 2. The first-order valence-corrected chi connectivity index (χ1v) is 10.2. The van der Waals surface area contributed by atoms with Gasteiger partial charge in [-0.25, -0.2) is 0 Å². The zero-order chi connectivity index (χ0) is 21.1. The quantitative estimate of drug-likeness (QED) is 0.535. The second-order valence-electron chi connectivity index (χ2n) is 7.14. The Morgan fingerprint density at radius 2 is 1.21 bits per heavy atom. The minimum atomic E-state index is 0.581. The van der Waals surface area contributed by atoms with Crippen LogP contribution in [0.2, 0.25) is 5.02 Å². The van der Waals surface area contributed by atoms with Crippen LogP contribution in [0.4, 0.5) is 5.69 Å². The van der Waals surface area contributed by atoms with Crippen LogP contribution in [-0.2, 0) is 0 Å². The van der Waals surface area contributed by atoms with Crippen molar-refractivity contribution in [3.63, 3.8) is 0 Å². The lowest BCUT2D eigenvalue weighted by molar-refractivity contribution is -0.605. The summed E-state index contributed by atoms with van der Waals surface area (Å²) in [6.07, 6.45) is 5.80. The predicted molar refractivity (Wildman–Crippen MR) is 116 cm³/mol. The lowest BCUT2D eigenvalue weighted by Crippen LogP contribution is -2.44. The van der Waals surface area contributed by atoms with E-state index in [-0.39, 0.29) is 0 Å². The number of pyridine rings is 2. The van der Waals surface area contributed by atoms with Gasteiger partial charge < -0.3 is 30.4 Å². The number of rotatable bonds is 1. The molecule has 2 saturated heterocycles. The minimum Gasteiger partial charge on any atom is -0.619 e. The molecule has 29 heavy (non-hydrogen) atoms. The van der Waals surface area contributed by atoms with E-state index in [9.17, 15) is 10.4 Å². The summed E-state index contributed by atoms with van der Waals surface area (Å²) in [5.41, 5.74) is 1.14. The lowest BCUT2D eigenvalue weighted by Gasteiger charge is -2.33. The molecular weight excluding hydrogens is 392 g/mol. The third kappa shape index (κ3) is 9.27. The number of hydrogen-bond donors (Lipinski definition) is 1. The summed E-state index contributed by atoms with van der Waals surface area (Å²) in [5, 5.41) is 25.0. The molecule has 160 valence electrons. The molecule has 4 heterocycles. The van der Waals surface area contributed by atoms with Crippen molar-refractivity contribution in [3.05, 3.63) is 64.5 Å². The van der Waals surface area contributed by atoms with Gasteiger partial charge >= 0.3 is 0 Å². The molecule has 0 aliphatic carbocycles. The van der Waals surface area contributed by atoms with Gasteiger partial charge in [0.1, 0.15) is 0 Å². The zero-order valence-corrected chi connectivity index (χ0v) is 18.0. The third-order valence-corrected chi connectivity index (χ3v) is 5.01. The fraction of sp³-hybridized carbons (Fsp3) is 0.500. The lowest BCUT2D eigenvalue weighted by atomic mass is 10.3. The van der Waals surface area contributed by atoms with Crippen LogP contribution in [0.1, 0.15) is 0 Å². The molecular formula is C20H31ClN6O2. The molecule has 0 atom stereocenters. The highest BCUT2D eigenvalue weighted by molar-refractivity contribution is 6.30. The van der Waals surface area contributed by atoms with Crippen LogP contribution in [0.25, 0.3) is 0 Å². The highest BCUT2D eigenvalue weighted by Gasteiger charge is 2.14. The number of nitrogens with one attached hydrogen (secondary N) is 1. The molecule has 0 amide bonds. The van der Waals surface area contributed by atoms with Crippen LogP contribution in [0.5, 0.6) is 0 Å². The summed E-state index contributed by atoms with van der Waals surface area (Å²) >= 11 is 5.46. The standard InChI is InChI=1S/C10H15N3O.C5H4ClNO.C5H12N2/c1-11-6-8-12(9-7-11)10-2-4-13(14)5-3-10;6-5-1-3-7(8)4-2-5;1-7-4-2-6-3-5-7/h2-5H,6-9H2,1H3;1-4H;6H,2-5H2,1H3. The highest BCUT2D eigenvalue weighted by atomic mass is 35.5. The first kappa shape index (κ1) is 23.2. The predicted octanol–water partition coefficient (Wildman–Crippen LogP) is 0.567. The molecule has 2 aliphatic heterocycles. The van der Waals surface area contributed by atoms with Gasteiger partial charge in [-0.15, -0.1) is 0 Å². The van der Waals surface area contributed by atoms with Gasteiger partial charge in [0.25, 0.3) is 0 Å². The second kappa shape index (κ2) is 12.4. The fourth-order valence-electron chi connectivity index (χ4n) is 2.85. The maximum atomic E-state index is 10.8. The summed E-state index contributed by atoms with van der Waals surface area (Å²) in [7, 11) is 4.29. The number of aromatic nitrogens is 2. The first-order valence-electron chi connectivity index (χ1n) is 9.80. The largest absolute Gasteiger partial charge is 0.619 e. The van der Waals surface area contributed by atoms with E-state index in [0.717, 1.165) is 49.7 Å². The molecule has 0 aromatic carbocycles. The Morgan fingerprint density at radius 3 is 1.62 bits per heavy atom. The molecule has 0 spiro atoms. The molecule has 0 unspecified atom stereocenters. The van der Waals surface area contributed by atoms with Crippen LogP contribution in [-0.4, -0.2) is 76.3 Å². The highest BCUT2D eigenvalue weighted by Crippen LogP contribution is 2.13. The van der Waals surface area contributed by atoms with Crippen molar-refractivity contribution in [1.29, 1.82) is 0 Å². The monoisotopic (exact) mass is 422 g/mol. The molecule has 0 radical (unpaired) electrons. The summed E-state index contributed by atoms with van der Waals surface area (Å²) in [6, 6.07) is 6.82. The third-order valence-electron chi connectivity index (χ3n) is 4.75. The molecule has 2 aromatic heterocycles. The Balaban J connectivity index is 0.000000170. The number of halogens is 1. The molecule has 8 nitrogen and oxygen atoms in total.